The standard InChI is InChI=1S/C23H20N2O3.C16H14N2O3.C7H7Br/c1-14-12-15(2)24-21(14)20(23(27)28-13-16-8-4-3-5-9-16)19-17-10-6-7-11-18(17)25-22(19)26;1-8-7-9(2)17-14(8)13(16(20)21)12-10-5-3-4-6-11(10)18-15(12)19;8-6-7-4-2-1-3-5-7/h3-12,24H,13H2,1-2H3,(H,25,26);3-7,17H,1-2H3,(H,18,19)(H,20,21);1-5H,6H2/b20-19+;13-12+;. The zero-order valence-electron chi connectivity index (χ0n) is 31.8. The van der Waals surface area contributed by atoms with Crippen molar-refractivity contribution in [2.24, 2.45) is 0 Å². The SMILES string of the molecule is BrCc1ccccc1.Cc1cc(C)c(/C(C(=O)O)=C2\C(=O)Nc3ccccc32)[nH]1.Cc1cc(C)c(/C(C(=O)OCc2ccccc2)=C2\C(=O)Nc3ccccc32)[nH]1. The van der Waals surface area contributed by atoms with Crippen molar-refractivity contribution in [1.29, 1.82) is 0 Å². The van der Waals surface area contributed by atoms with E-state index in [1.54, 1.807) is 24.3 Å². The molecule has 5 N–H and O–H groups in total. The van der Waals surface area contributed by atoms with Gasteiger partial charge in [0, 0.05) is 39.2 Å². The van der Waals surface area contributed by atoms with Crippen LogP contribution in [0.3, 0.4) is 0 Å². The Kier molecular flexibility index (Phi) is 12.5. The van der Waals surface area contributed by atoms with Crippen LogP contribution in [0.15, 0.2) is 121 Å². The Morgan fingerprint density at radius 3 is 1.44 bits per heavy atom. The molecule has 0 fully saturated rings. The summed E-state index contributed by atoms with van der Waals surface area (Å²) in [5.74, 6) is -2.35. The number of halogens is 1. The lowest BCUT2D eigenvalue weighted by Gasteiger charge is -2.11. The van der Waals surface area contributed by atoms with Gasteiger partial charge in [-0.3, -0.25) is 9.59 Å². The van der Waals surface area contributed by atoms with Gasteiger partial charge in [0.15, 0.2) is 0 Å². The number of esters is 1. The first-order chi connectivity index (χ1) is 27.5. The van der Waals surface area contributed by atoms with E-state index in [1.807, 2.05) is 113 Å². The van der Waals surface area contributed by atoms with Gasteiger partial charge >= 0.3 is 11.9 Å². The molecule has 2 amide bonds. The number of aromatic amines is 2. The number of alkyl halides is 1. The maximum absolute atomic E-state index is 13.1. The largest absolute Gasteiger partial charge is 0.478 e. The number of nitrogens with one attached hydrogen (secondary N) is 4. The molecule has 4 heterocycles. The molecule has 0 radical (unpaired) electrons. The highest BCUT2D eigenvalue weighted by atomic mass is 79.9. The fourth-order valence-electron chi connectivity index (χ4n) is 6.74. The number of carboxylic acids is 1. The van der Waals surface area contributed by atoms with Crippen molar-refractivity contribution in [3.05, 3.63) is 177 Å². The minimum atomic E-state index is -1.12. The maximum atomic E-state index is 13.1. The number of fused-ring (bicyclic) bond motifs is 2. The quantitative estimate of drug-likeness (QED) is 0.0615. The summed E-state index contributed by atoms with van der Waals surface area (Å²) >= 11 is 3.36. The smallest absolute Gasteiger partial charge is 0.341 e. The molecule has 11 heteroatoms. The van der Waals surface area contributed by atoms with Gasteiger partial charge in [0.1, 0.15) is 6.61 Å². The normalized spacial score (nSPS) is 14.1. The predicted molar refractivity (Wildman–Crippen MR) is 227 cm³/mol. The molecule has 0 saturated heterocycles. The first kappa shape index (κ1) is 40.0. The van der Waals surface area contributed by atoms with Gasteiger partial charge in [0.05, 0.1) is 33.7 Å². The molecule has 2 aromatic heterocycles. The third-order valence-corrected chi connectivity index (χ3v) is 9.92. The lowest BCUT2D eigenvalue weighted by molar-refractivity contribution is -0.138. The lowest BCUT2D eigenvalue weighted by atomic mass is 9.97. The molecule has 6 aromatic rings. The van der Waals surface area contributed by atoms with E-state index in [9.17, 15) is 24.3 Å². The molecule has 0 aliphatic carbocycles. The van der Waals surface area contributed by atoms with Crippen molar-refractivity contribution in [3.8, 4) is 0 Å². The van der Waals surface area contributed by atoms with Crippen molar-refractivity contribution in [3.63, 3.8) is 0 Å². The molecule has 4 aromatic carbocycles. The summed E-state index contributed by atoms with van der Waals surface area (Å²) in [5.41, 5.74) is 10.2. The lowest BCUT2D eigenvalue weighted by Crippen LogP contribution is -2.14. The molecule has 10 nitrogen and oxygen atoms in total. The number of carboxylic acid groups (broad SMARTS) is 1. The fourth-order valence-corrected chi connectivity index (χ4v) is 7.11. The van der Waals surface area contributed by atoms with Crippen LogP contribution in [0, 0.1) is 27.7 Å². The molecule has 0 atom stereocenters. The number of benzene rings is 4. The Hall–Kier alpha value is -6.72. The van der Waals surface area contributed by atoms with Gasteiger partial charge in [0.2, 0.25) is 0 Å². The molecule has 0 saturated carbocycles. The summed E-state index contributed by atoms with van der Waals surface area (Å²) in [6.07, 6.45) is 0. The molecule has 0 spiro atoms. The van der Waals surface area contributed by atoms with Gasteiger partial charge in [-0.25, -0.2) is 9.59 Å². The van der Waals surface area contributed by atoms with Crippen LogP contribution < -0.4 is 10.6 Å². The topological polar surface area (TPSA) is 153 Å². The van der Waals surface area contributed by atoms with E-state index < -0.39 is 11.9 Å². The molecular formula is C46H41BrN4O6. The van der Waals surface area contributed by atoms with Gasteiger partial charge in [-0.2, -0.15) is 0 Å². The Labute approximate surface area is 338 Å². The van der Waals surface area contributed by atoms with Crippen LogP contribution >= 0.6 is 15.9 Å². The maximum Gasteiger partial charge on any atom is 0.341 e. The Morgan fingerprint density at radius 2 is 1.02 bits per heavy atom. The monoisotopic (exact) mass is 824 g/mol. The molecule has 288 valence electrons. The number of rotatable bonds is 7. The van der Waals surface area contributed by atoms with E-state index in [1.165, 1.54) is 5.56 Å². The first-order valence-corrected chi connectivity index (χ1v) is 19.3. The van der Waals surface area contributed by atoms with Gasteiger partial charge in [-0.1, -0.05) is 113 Å². The third-order valence-electron chi connectivity index (χ3n) is 9.27. The minimum absolute atomic E-state index is 0.00282. The van der Waals surface area contributed by atoms with Crippen molar-refractivity contribution < 1.29 is 29.0 Å². The Bertz CT molecular complexity index is 2530. The summed E-state index contributed by atoms with van der Waals surface area (Å²) in [4.78, 5) is 56.1. The predicted octanol–water partition coefficient (Wildman–Crippen LogP) is 9.40. The highest BCUT2D eigenvalue weighted by Crippen LogP contribution is 2.39. The van der Waals surface area contributed by atoms with Crippen LogP contribution in [0.4, 0.5) is 11.4 Å². The van der Waals surface area contributed by atoms with E-state index in [4.69, 9.17) is 4.74 Å². The number of para-hydroxylation sites is 2. The third kappa shape index (κ3) is 9.06. The zero-order chi connectivity index (χ0) is 40.6. The Balaban J connectivity index is 0.000000166. The summed E-state index contributed by atoms with van der Waals surface area (Å²) in [6.45, 7) is 7.63. The van der Waals surface area contributed by atoms with Crippen molar-refractivity contribution in [2.75, 3.05) is 10.6 Å². The highest BCUT2D eigenvalue weighted by molar-refractivity contribution is 9.08. The number of hydrogen-bond donors (Lipinski definition) is 5. The van der Waals surface area contributed by atoms with Crippen LogP contribution in [0.25, 0.3) is 22.3 Å². The zero-order valence-corrected chi connectivity index (χ0v) is 33.4. The number of aromatic nitrogens is 2. The van der Waals surface area contributed by atoms with E-state index >= 15 is 0 Å². The number of carbonyl (C=O) groups excluding carboxylic acids is 3. The van der Waals surface area contributed by atoms with Crippen LogP contribution in [-0.4, -0.2) is 38.8 Å². The highest BCUT2D eigenvalue weighted by Gasteiger charge is 2.34. The van der Waals surface area contributed by atoms with Crippen LogP contribution in [-0.2, 0) is 35.9 Å². The summed E-state index contributed by atoms with van der Waals surface area (Å²) in [6, 6.07) is 38.0. The molecule has 57 heavy (non-hydrogen) atoms. The van der Waals surface area contributed by atoms with Gasteiger partial charge in [-0.05, 0) is 74.2 Å². The molecule has 0 unspecified atom stereocenters. The number of amides is 2. The second-order valence-electron chi connectivity index (χ2n) is 13.5. The van der Waals surface area contributed by atoms with E-state index in [0.717, 1.165) is 33.4 Å². The molecular weight excluding hydrogens is 784 g/mol. The van der Waals surface area contributed by atoms with E-state index in [0.29, 0.717) is 39.5 Å². The number of ether oxygens (including phenoxy) is 1. The average Bonchev–Trinajstić information content (AvgIpc) is 3.93. The number of anilines is 2. The first-order valence-electron chi connectivity index (χ1n) is 18.1. The van der Waals surface area contributed by atoms with Crippen molar-refractivity contribution >= 4 is 73.4 Å². The average molecular weight is 826 g/mol. The van der Waals surface area contributed by atoms with Gasteiger partial charge in [0.25, 0.3) is 11.8 Å². The van der Waals surface area contributed by atoms with Crippen molar-refractivity contribution in [1.82, 2.24) is 9.97 Å². The van der Waals surface area contributed by atoms with Gasteiger partial charge < -0.3 is 30.4 Å². The molecule has 2 aliphatic heterocycles. The number of carbonyl (C=O) groups is 4. The summed E-state index contributed by atoms with van der Waals surface area (Å²) in [5, 5.41) is 16.1. The fraction of sp³-hybridized carbons (Fsp3) is 0.130. The number of hydrogen-bond acceptors (Lipinski definition) is 5. The Morgan fingerprint density at radius 1 is 0.596 bits per heavy atom. The van der Waals surface area contributed by atoms with E-state index in [2.05, 4.69) is 48.7 Å². The number of aliphatic carboxylic acids is 1. The molecule has 2 aliphatic rings. The molecule has 0 bridgehead atoms. The second kappa shape index (κ2) is 17.8. The van der Waals surface area contributed by atoms with Crippen LogP contribution in [0.2, 0.25) is 0 Å². The van der Waals surface area contributed by atoms with Crippen LogP contribution in [0.5, 0.6) is 0 Å². The summed E-state index contributed by atoms with van der Waals surface area (Å²) < 4.78 is 5.59. The van der Waals surface area contributed by atoms with Crippen LogP contribution in [0.1, 0.15) is 56.2 Å². The molecule has 8 rings (SSSR count). The van der Waals surface area contributed by atoms with E-state index in [-0.39, 0.29) is 35.1 Å². The number of H-pyrrole nitrogens is 2. The summed E-state index contributed by atoms with van der Waals surface area (Å²) in [7, 11) is 0. The van der Waals surface area contributed by atoms with Gasteiger partial charge in [-0.15, -0.1) is 0 Å². The number of aryl methyl sites for hydroxylation is 4. The minimum Gasteiger partial charge on any atom is -0.478 e. The second-order valence-corrected chi connectivity index (χ2v) is 14.1. The van der Waals surface area contributed by atoms with Crippen molar-refractivity contribution in [2.45, 2.75) is 39.6 Å².